The number of benzene rings is 1. The molecule has 1 aromatic heterocycles. The number of carbonyl (C=O) groups excluding carboxylic acids is 2. The predicted octanol–water partition coefficient (Wildman–Crippen LogP) is 1.93. The Kier molecular flexibility index (Phi) is 4.75. The van der Waals surface area contributed by atoms with E-state index >= 15 is 0 Å². The summed E-state index contributed by atoms with van der Waals surface area (Å²) >= 11 is 1.36. The van der Waals surface area contributed by atoms with Gasteiger partial charge in [-0.2, -0.15) is 0 Å². The highest BCUT2D eigenvalue weighted by molar-refractivity contribution is 7.99. The van der Waals surface area contributed by atoms with Crippen molar-refractivity contribution in [2.75, 3.05) is 19.0 Å². The van der Waals surface area contributed by atoms with Gasteiger partial charge in [-0.15, -0.1) is 0 Å². The maximum Gasteiger partial charge on any atom is 0.324 e. The SMILES string of the molecule is CN(C)c1ccc(CN2C(=O)NC3C(SNC3c3ccccn3)C2=O)cc1. The van der Waals surface area contributed by atoms with Crippen molar-refractivity contribution in [3.05, 3.63) is 59.9 Å². The number of imide groups is 1. The fourth-order valence-corrected chi connectivity index (χ4v) is 4.50. The highest BCUT2D eigenvalue weighted by atomic mass is 32.2. The topological polar surface area (TPSA) is 77.6 Å². The summed E-state index contributed by atoms with van der Waals surface area (Å²) < 4.78 is 3.26. The maximum atomic E-state index is 12.9. The molecule has 4 rings (SSSR count). The van der Waals surface area contributed by atoms with E-state index in [2.05, 4.69) is 15.0 Å². The number of fused-ring (bicyclic) bond motifs is 1. The van der Waals surface area contributed by atoms with Gasteiger partial charge in [0.2, 0.25) is 5.91 Å². The predicted molar refractivity (Wildman–Crippen MR) is 105 cm³/mol. The van der Waals surface area contributed by atoms with Crippen LogP contribution in [0, 0.1) is 0 Å². The number of urea groups is 1. The van der Waals surface area contributed by atoms with Gasteiger partial charge in [-0.1, -0.05) is 30.1 Å². The third-order valence-corrected chi connectivity index (χ3v) is 5.99. The van der Waals surface area contributed by atoms with E-state index in [1.165, 1.54) is 16.8 Å². The zero-order valence-corrected chi connectivity index (χ0v) is 15.9. The number of hydrogen-bond donors (Lipinski definition) is 2. The van der Waals surface area contributed by atoms with Gasteiger partial charge < -0.3 is 10.2 Å². The summed E-state index contributed by atoms with van der Waals surface area (Å²) in [7, 11) is 3.94. The molecular formula is C19H21N5O2S. The summed E-state index contributed by atoms with van der Waals surface area (Å²) in [5.41, 5.74) is 2.81. The molecule has 0 saturated carbocycles. The van der Waals surface area contributed by atoms with Crippen molar-refractivity contribution in [1.29, 1.82) is 0 Å². The first-order chi connectivity index (χ1) is 13.0. The lowest BCUT2D eigenvalue weighted by molar-refractivity contribution is -0.130. The Labute approximate surface area is 162 Å². The minimum atomic E-state index is -0.365. The van der Waals surface area contributed by atoms with Gasteiger partial charge in [-0.25, -0.2) is 4.79 Å². The molecule has 140 valence electrons. The molecule has 2 aliphatic heterocycles. The van der Waals surface area contributed by atoms with Gasteiger partial charge in [-0.05, 0) is 29.8 Å². The number of anilines is 1. The monoisotopic (exact) mass is 383 g/mol. The van der Waals surface area contributed by atoms with E-state index in [0.717, 1.165) is 16.9 Å². The second kappa shape index (κ2) is 7.21. The largest absolute Gasteiger partial charge is 0.378 e. The Bertz CT molecular complexity index is 843. The van der Waals surface area contributed by atoms with Crippen molar-refractivity contribution >= 4 is 29.6 Å². The van der Waals surface area contributed by atoms with E-state index in [4.69, 9.17) is 0 Å². The van der Waals surface area contributed by atoms with Crippen LogP contribution in [0.2, 0.25) is 0 Å². The molecule has 3 heterocycles. The molecule has 2 aliphatic rings. The van der Waals surface area contributed by atoms with Crippen molar-refractivity contribution in [3.8, 4) is 0 Å². The molecule has 0 radical (unpaired) electrons. The fraction of sp³-hybridized carbons (Fsp3) is 0.316. The normalized spacial score (nSPS) is 24.5. The molecule has 3 amide bonds. The van der Waals surface area contributed by atoms with E-state index in [9.17, 15) is 9.59 Å². The van der Waals surface area contributed by atoms with Crippen LogP contribution in [-0.4, -0.2) is 47.2 Å². The lowest BCUT2D eigenvalue weighted by Gasteiger charge is -2.34. The summed E-state index contributed by atoms with van der Waals surface area (Å²) in [5.74, 6) is -0.170. The third-order valence-electron chi connectivity index (χ3n) is 4.85. The smallest absolute Gasteiger partial charge is 0.324 e. The van der Waals surface area contributed by atoms with E-state index in [1.54, 1.807) is 6.20 Å². The molecule has 2 saturated heterocycles. The zero-order valence-electron chi connectivity index (χ0n) is 15.1. The first-order valence-corrected chi connectivity index (χ1v) is 9.63. The highest BCUT2D eigenvalue weighted by Gasteiger charge is 2.49. The van der Waals surface area contributed by atoms with Crippen LogP contribution in [0.5, 0.6) is 0 Å². The molecule has 27 heavy (non-hydrogen) atoms. The fourth-order valence-electron chi connectivity index (χ4n) is 3.34. The summed E-state index contributed by atoms with van der Waals surface area (Å²) in [6, 6.07) is 12.6. The van der Waals surface area contributed by atoms with Gasteiger partial charge in [0.15, 0.2) is 0 Å². The Morgan fingerprint density at radius 2 is 1.93 bits per heavy atom. The van der Waals surface area contributed by atoms with Crippen LogP contribution in [0.4, 0.5) is 10.5 Å². The molecule has 3 unspecified atom stereocenters. The van der Waals surface area contributed by atoms with Gasteiger partial charge in [0.05, 0.1) is 24.3 Å². The van der Waals surface area contributed by atoms with Crippen LogP contribution in [0.15, 0.2) is 48.7 Å². The van der Waals surface area contributed by atoms with Crippen molar-refractivity contribution in [2.24, 2.45) is 0 Å². The minimum Gasteiger partial charge on any atom is -0.378 e. The highest BCUT2D eigenvalue weighted by Crippen LogP contribution is 2.36. The third kappa shape index (κ3) is 3.38. The van der Waals surface area contributed by atoms with Crippen LogP contribution >= 0.6 is 11.9 Å². The number of carbonyl (C=O) groups is 2. The second-order valence-corrected chi connectivity index (χ2v) is 7.83. The van der Waals surface area contributed by atoms with E-state index < -0.39 is 0 Å². The average Bonchev–Trinajstić information content (AvgIpc) is 3.10. The van der Waals surface area contributed by atoms with E-state index in [1.807, 2.05) is 61.5 Å². The minimum absolute atomic E-state index is 0.170. The van der Waals surface area contributed by atoms with E-state index in [-0.39, 0.29) is 35.8 Å². The van der Waals surface area contributed by atoms with Gasteiger partial charge in [0, 0.05) is 26.0 Å². The van der Waals surface area contributed by atoms with Crippen LogP contribution < -0.4 is 14.9 Å². The molecule has 8 heteroatoms. The molecule has 1 aromatic carbocycles. The number of pyridine rings is 1. The Balaban J connectivity index is 1.50. The number of hydrogen-bond acceptors (Lipinski definition) is 6. The molecule has 2 fully saturated rings. The second-order valence-electron chi connectivity index (χ2n) is 6.85. The summed E-state index contributed by atoms with van der Waals surface area (Å²) in [6.07, 6.45) is 1.71. The van der Waals surface area contributed by atoms with Crippen molar-refractivity contribution in [1.82, 2.24) is 19.9 Å². The Morgan fingerprint density at radius 3 is 2.59 bits per heavy atom. The molecule has 0 aliphatic carbocycles. The number of amides is 3. The van der Waals surface area contributed by atoms with Crippen LogP contribution in [0.25, 0.3) is 0 Å². The van der Waals surface area contributed by atoms with Gasteiger partial charge in [0.25, 0.3) is 0 Å². The average molecular weight is 383 g/mol. The van der Waals surface area contributed by atoms with E-state index in [0.29, 0.717) is 0 Å². The molecule has 0 bridgehead atoms. The molecule has 2 N–H and O–H groups in total. The first-order valence-electron chi connectivity index (χ1n) is 8.75. The quantitative estimate of drug-likeness (QED) is 0.786. The van der Waals surface area contributed by atoms with Gasteiger partial charge >= 0.3 is 6.03 Å². The lowest BCUT2D eigenvalue weighted by Crippen LogP contribution is -2.61. The lowest BCUT2D eigenvalue weighted by atomic mass is 9.99. The zero-order chi connectivity index (χ0) is 19.0. The number of rotatable bonds is 4. The summed E-state index contributed by atoms with van der Waals surface area (Å²) in [4.78, 5) is 33.2. The molecule has 2 aromatic rings. The van der Waals surface area contributed by atoms with Gasteiger partial charge in [-0.3, -0.25) is 19.4 Å². The Morgan fingerprint density at radius 1 is 1.15 bits per heavy atom. The van der Waals surface area contributed by atoms with Crippen molar-refractivity contribution < 1.29 is 9.59 Å². The maximum absolute atomic E-state index is 12.9. The summed E-state index contributed by atoms with van der Waals surface area (Å²) in [6.45, 7) is 0.260. The van der Waals surface area contributed by atoms with Gasteiger partial charge in [0.1, 0.15) is 5.25 Å². The van der Waals surface area contributed by atoms with Crippen LogP contribution in [0.1, 0.15) is 17.3 Å². The standard InChI is InChI=1S/C19H21N5O2S/c1-23(2)13-8-6-12(7-9-13)11-24-18(25)17-16(21-19(24)26)15(22-27-17)14-5-3-4-10-20-14/h3-10,15-17,22H,11H2,1-2H3,(H,21,26). The first kappa shape index (κ1) is 17.8. The number of nitrogens with one attached hydrogen (secondary N) is 2. The summed E-state index contributed by atoms with van der Waals surface area (Å²) in [5, 5.41) is 2.63. The molecular weight excluding hydrogens is 362 g/mol. The number of nitrogens with zero attached hydrogens (tertiary/aromatic N) is 3. The van der Waals surface area contributed by atoms with Crippen LogP contribution in [0.3, 0.4) is 0 Å². The number of aromatic nitrogens is 1. The molecule has 3 atom stereocenters. The molecule has 7 nitrogen and oxygen atoms in total. The van der Waals surface area contributed by atoms with Crippen LogP contribution in [-0.2, 0) is 11.3 Å². The molecule has 0 spiro atoms. The van der Waals surface area contributed by atoms with Crippen molar-refractivity contribution in [2.45, 2.75) is 23.9 Å². The van der Waals surface area contributed by atoms with Crippen molar-refractivity contribution in [3.63, 3.8) is 0 Å². The Hall–Kier alpha value is -2.58.